The Labute approximate surface area is 109 Å². The Bertz CT molecular complexity index is 378. The number of hydrogen-bond acceptors (Lipinski definition) is 3. The minimum Gasteiger partial charge on any atom is -0.488 e. The number of nitrogens with two attached hydrogens (primary N) is 1. The molecule has 1 unspecified atom stereocenters. The molecule has 1 aromatic rings. The number of rotatable bonds is 4. The van der Waals surface area contributed by atoms with E-state index in [2.05, 4.69) is 12.1 Å². The molecule has 2 N–H and O–H groups in total. The van der Waals surface area contributed by atoms with E-state index in [1.165, 1.54) is 5.56 Å². The molecule has 1 aliphatic heterocycles. The van der Waals surface area contributed by atoms with Crippen LogP contribution < -0.4 is 10.5 Å². The predicted molar refractivity (Wildman–Crippen MR) is 72.9 cm³/mol. The largest absolute Gasteiger partial charge is 0.488 e. The van der Waals surface area contributed by atoms with Crippen LogP contribution in [0.1, 0.15) is 32.3 Å². The highest BCUT2D eigenvalue weighted by molar-refractivity contribution is 5.29. The summed E-state index contributed by atoms with van der Waals surface area (Å²) in [5, 5.41) is 0. The van der Waals surface area contributed by atoms with Gasteiger partial charge in [0.25, 0.3) is 0 Å². The zero-order chi connectivity index (χ0) is 13.0. The number of hydrogen-bond donors (Lipinski definition) is 1. The molecule has 1 aliphatic rings. The van der Waals surface area contributed by atoms with Crippen molar-refractivity contribution in [3.8, 4) is 5.75 Å². The Morgan fingerprint density at radius 3 is 2.94 bits per heavy atom. The molecule has 100 valence electrons. The minimum absolute atomic E-state index is 0.188. The molecule has 0 amide bonds. The highest BCUT2D eigenvalue weighted by Crippen LogP contribution is 2.20. The van der Waals surface area contributed by atoms with Gasteiger partial charge in [-0.25, -0.2) is 0 Å². The van der Waals surface area contributed by atoms with Crippen LogP contribution >= 0.6 is 0 Å². The second-order valence-corrected chi connectivity index (χ2v) is 5.77. The van der Waals surface area contributed by atoms with E-state index in [1.54, 1.807) is 0 Å². The average molecular weight is 249 g/mol. The number of ether oxygens (including phenoxy) is 2. The van der Waals surface area contributed by atoms with E-state index in [1.807, 2.05) is 26.0 Å². The van der Waals surface area contributed by atoms with Gasteiger partial charge < -0.3 is 15.2 Å². The summed E-state index contributed by atoms with van der Waals surface area (Å²) in [6, 6.07) is 8.21. The summed E-state index contributed by atoms with van der Waals surface area (Å²) in [5.74, 6) is 0.923. The standard InChI is InChI=1S/C15H23NO2/c1-15(2,16)10-12-5-3-6-13(9-12)18-14-7-4-8-17-11-14/h3,5-6,9,14H,4,7-8,10-11,16H2,1-2H3. The van der Waals surface area contributed by atoms with Crippen molar-refractivity contribution in [3.05, 3.63) is 29.8 Å². The van der Waals surface area contributed by atoms with Gasteiger partial charge in [-0.15, -0.1) is 0 Å². The van der Waals surface area contributed by atoms with Gasteiger partial charge in [0.05, 0.1) is 6.61 Å². The first-order valence-electron chi connectivity index (χ1n) is 6.65. The SMILES string of the molecule is CC(C)(N)Cc1cccc(OC2CCCOC2)c1. The fourth-order valence-electron chi connectivity index (χ4n) is 2.25. The van der Waals surface area contributed by atoms with Gasteiger partial charge in [0.15, 0.2) is 0 Å². The van der Waals surface area contributed by atoms with Crippen molar-refractivity contribution < 1.29 is 9.47 Å². The maximum absolute atomic E-state index is 6.04. The Kier molecular flexibility index (Phi) is 4.25. The van der Waals surface area contributed by atoms with Crippen LogP contribution in [0.15, 0.2) is 24.3 Å². The topological polar surface area (TPSA) is 44.5 Å². The minimum atomic E-state index is -0.188. The molecule has 1 saturated heterocycles. The molecule has 0 bridgehead atoms. The summed E-state index contributed by atoms with van der Waals surface area (Å²) in [6.45, 7) is 5.64. The Hall–Kier alpha value is -1.06. The van der Waals surface area contributed by atoms with E-state index >= 15 is 0 Å². The maximum atomic E-state index is 6.04. The van der Waals surface area contributed by atoms with Crippen LogP contribution in [0.25, 0.3) is 0 Å². The highest BCUT2D eigenvalue weighted by Gasteiger charge is 2.16. The third-order valence-electron chi connectivity index (χ3n) is 2.98. The van der Waals surface area contributed by atoms with Crippen LogP contribution in [0.2, 0.25) is 0 Å². The van der Waals surface area contributed by atoms with E-state index in [4.69, 9.17) is 15.2 Å². The predicted octanol–water partition coefficient (Wildman–Crippen LogP) is 2.52. The average Bonchev–Trinajstić information content (AvgIpc) is 2.28. The van der Waals surface area contributed by atoms with Crippen molar-refractivity contribution in [2.75, 3.05) is 13.2 Å². The molecule has 1 fully saturated rings. The number of benzene rings is 1. The van der Waals surface area contributed by atoms with Crippen LogP contribution in [-0.4, -0.2) is 24.9 Å². The Balaban J connectivity index is 1.98. The molecule has 1 heterocycles. The molecule has 2 rings (SSSR count). The molecule has 0 radical (unpaired) electrons. The highest BCUT2D eigenvalue weighted by atomic mass is 16.5. The van der Waals surface area contributed by atoms with Gasteiger partial charge in [0.1, 0.15) is 11.9 Å². The van der Waals surface area contributed by atoms with Gasteiger partial charge >= 0.3 is 0 Å². The summed E-state index contributed by atoms with van der Waals surface area (Å²) in [4.78, 5) is 0. The summed E-state index contributed by atoms with van der Waals surface area (Å²) in [5.41, 5.74) is 7.07. The molecular formula is C15H23NO2. The Morgan fingerprint density at radius 1 is 1.44 bits per heavy atom. The molecule has 1 aromatic carbocycles. The lowest BCUT2D eigenvalue weighted by Crippen LogP contribution is -2.34. The monoisotopic (exact) mass is 249 g/mol. The Morgan fingerprint density at radius 2 is 2.28 bits per heavy atom. The summed E-state index contributed by atoms with van der Waals surface area (Å²) >= 11 is 0. The van der Waals surface area contributed by atoms with Crippen molar-refractivity contribution >= 4 is 0 Å². The van der Waals surface area contributed by atoms with E-state index in [0.29, 0.717) is 6.61 Å². The molecule has 3 nitrogen and oxygen atoms in total. The summed E-state index contributed by atoms with van der Waals surface area (Å²) < 4.78 is 11.4. The van der Waals surface area contributed by atoms with Gasteiger partial charge in [-0.3, -0.25) is 0 Å². The maximum Gasteiger partial charge on any atom is 0.122 e. The van der Waals surface area contributed by atoms with E-state index in [9.17, 15) is 0 Å². The zero-order valence-corrected chi connectivity index (χ0v) is 11.3. The van der Waals surface area contributed by atoms with Gasteiger partial charge in [-0.05, 0) is 50.8 Å². The van der Waals surface area contributed by atoms with Crippen LogP contribution in [0.4, 0.5) is 0 Å². The van der Waals surface area contributed by atoms with Crippen molar-refractivity contribution in [1.82, 2.24) is 0 Å². The third-order valence-corrected chi connectivity index (χ3v) is 2.98. The second-order valence-electron chi connectivity index (χ2n) is 5.77. The molecule has 0 spiro atoms. The van der Waals surface area contributed by atoms with Crippen molar-refractivity contribution in [3.63, 3.8) is 0 Å². The lowest BCUT2D eigenvalue weighted by Gasteiger charge is -2.24. The quantitative estimate of drug-likeness (QED) is 0.891. The summed E-state index contributed by atoms with van der Waals surface area (Å²) in [6.07, 6.45) is 3.21. The van der Waals surface area contributed by atoms with Gasteiger partial charge in [0, 0.05) is 12.1 Å². The first-order valence-corrected chi connectivity index (χ1v) is 6.65. The molecule has 18 heavy (non-hydrogen) atoms. The van der Waals surface area contributed by atoms with E-state index in [0.717, 1.165) is 31.6 Å². The first kappa shape index (κ1) is 13.4. The lowest BCUT2D eigenvalue weighted by atomic mass is 9.96. The molecule has 1 atom stereocenters. The van der Waals surface area contributed by atoms with Crippen LogP contribution in [0.5, 0.6) is 5.75 Å². The smallest absolute Gasteiger partial charge is 0.122 e. The summed E-state index contributed by atoms with van der Waals surface area (Å²) in [7, 11) is 0. The molecule has 3 heteroatoms. The third kappa shape index (κ3) is 4.31. The van der Waals surface area contributed by atoms with Crippen LogP contribution in [0.3, 0.4) is 0 Å². The lowest BCUT2D eigenvalue weighted by molar-refractivity contribution is 0.00740. The normalized spacial score (nSPS) is 20.7. The molecule has 0 aliphatic carbocycles. The van der Waals surface area contributed by atoms with Crippen molar-refractivity contribution in [1.29, 1.82) is 0 Å². The fourth-order valence-corrected chi connectivity index (χ4v) is 2.25. The zero-order valence-electron chi connectivity index (χ0n) is 11.3. The molecule has 0 saturated carbocycles. The van der Waals surface area contributed by atoms with Gasteiger partial charge in [0.2, 0.25) is 0 Å². The van der Waals surface area contributed by atoms with E-state index < -0.39 is 0 Å². The first-order chi connectivity index (χ1) is 8.53. The van der Waals surface area contributed by atoms with Gasteiger partial charge in [-0.2, -0.15) is 0 Å². The van der Waals surface area contributed by atoms with Crippen LogP contribution in [0, 0.1) is 0 Å². The van der Waals surface area contributed by atoms with E-state index in [-0.39, 0.29) is 11.6 Å². The fraction of sp³-hybridized carbons (Fsp3) is 0.600. The van der Waals surface area contributed by atoms with Crippen molar-refractivity contribution in [2.45, 2.75) is 44.8 Å². The molecular weight excluding hydrogens is 226 g/mol. The molecule has 0 aromatic heterocycles. The van der Waals surface area contributed by atoms with Gasteiger partial charge in [-0.1, -0.05) is 12.1 Å². The second kappa shape index (κ2) is 5.72. The van der Waals surface area contributed by atoms with Crippen molar-refractivity contribution in [2.24, 2.45) is 5.73 Å². The van der Waals surface area contributed by atoms with Crippen LogP contribution in [-0.2, 0) is 11.2 Å².